The molecule has 0 bridgehead atoms. The smallest absolute Gasteiger partial charge is 0.311 e. The van der Waals surface area contributed by atoms with Crippen molar-refractivity contribution < 1.29 is 13.9 Å². The first-order chi connectivity index (χ1) is 15.6. The first kappa shape index (κ1) is 20.2. The Hall–Kier alpha value is -3.70. The zero-order valence-corrected chi connectivity index (χ0v) is 17.8. The van der Waals surface area contributed by atoms with Crippen LogP contribution in [0.5, 0.6) is 0 Å². The lowest BCUT2D eigenvalue weighted by Gasteiger charge is -2.37. The summed E-state index contributed by atoms with van der Waals surface area (Å²) in [6.45, 7) is 2.27. The normalized spacial score (nSPS) is 14.3. The van der Waals surface area contributed by atoms with Crippen LogP contribution in [-0.4, -0.2) is 31.1 Å². The molecule has 0 spiro atoms. The number of fused-ring (bicyclic) bond motifs is 1. The number of esters is 1. The molecule has 0 amide bonds. The third-order valence-electron chi connectivity index (χ3n) is 5.97. The van der Waals surface area contributed by atoms with Crippen molar-refractivity contribution in [1.29, 1.82) is 0 Å². The maximum absolute atomic E-state index is 12.8. The van der Waals surface area contributed by atoms with Gasteiger partial charge in [-0.25, -0.2) is 0 Å². The predicted octanol–water partition coefficient (Wildman–Crippen LogP) is 4.73. The molecule has 5 rings (SSSR count). The molecule has 1 saturated heterocycles. The third kappa shape index (κ3) is 3.95. The largest absolute Gasteiger partial charge is 0.469 e. The minimum atomic E-state index is -0.131. The lowest BCUT2D eigenvalue weighted by atomic mass is 9.98. The van der Waals surface area contributed by atoms with Gasteiger partial charge in [-0.2, -0.15) is 0 Å². The van der Waals surface area contributed by atoms with Crippen LogP contribution in [0.1, 0.15) is 5.56 Å². The summed E-state index contributed by atoms with van der Waals surface area (Å²) in [6, 6.07) is 25.2. The lowest BCUT2D eigenvalue weighted by molar-refractivity contribution is -0.151. The lowest BCUT2D eigenvalue weighted by Crippen LogP contribution is -2.49. The molecule has 1 aliphatic heterocycles. The number of rotatable bonds is 5. The molecule has 5 heteroatoms. The van der Waals surface area contributed by atoms with E-state index < -0.39 is 0 Å². The molecule has 4 aromatic rings. The summed E-state index contributed by atoms with van der Waals surface area (Å²) in [5.74, 6) is 0.430. The summed E-state index contributed by atoms with van der Waals surface area (Å²) < 4.78 is 10.8. The SMILES string of the molecule is COC(=O)C1CN(Cc2ccc(-c3ccc4oc(-c5ccccc5)cc(=O)c4c3)cc2)C1. The number of carbonyl (C=O) groups is 1. The molecule has 1 aliphatic rings. The van der Waals surface area contributed by atoms with Gasteiger partial charge in [0.1, 0.15) is 11.3 Å². The summed E-state index contributed by atoms with van der Waals surface area (Å²) >= 11 is 0. The van der Waals surface area contributed by atoms with Crippen LogP contribution >= 0.6 is 0 Å². The van der Waals surface area contributed by atoms with Crippen molar-refractivity contribution in [2.75, 3.05) is 20.2 Å². The van der Waals surface area contributed by atoms with Crippen LogP contribution in [0.15, 0.2) is 88.1 Å². The van der Waals surface area contributed by atoms with Gasteiger partial charge in [0.2, 0.25) is 0 Å². The summed E-state index contributed by atoms with van der Waals surface area (Å²) in [5, 5.41) is 0.570. The second-order valence-corrected chi connectivity index (χ2v) is 8.16. The molecule has 0 saturated carbocycles. The van der Waals surface area contributed by atoms with Crippen LogP contribution in [0.2, 0.25) is 0 Å². The van der Waals surface area contributed by atoms with Gasteiger partial charge in [0.15, 0.2) is 5.43 Å². The Morgan fingerprint density at radius 3 is 2.38 bits per heavy atom. The fraction of sp³-hybridized carbons (Fsp3) is 0.185. The molecular formula is C27H23NO4. The molecule has 1 aromatic heterocycles. The molecule has 160 valence electrons. The van der Waals surface area contributed by atoms with Gasteiger partial charge in [-0.1, -0.05) is 60.7 Å². The van der Waals surface area contributed by atoms with Gasteiger partial charge in [0.25, 0.3) is 0 Å². The third-order valence-corrected chi connectivity index (χ3v) is 5.97. The van der Waals surface area contributed by atoms with E-state index in [-0.39, 0.29) is 17.3 Å². The average Bonchev–Trinajstić information content (AvgIpc) is 2.81. The Morgan fingerprint density at radius 2 is 1.66 bits per heavy atom. The summed E-state index contributed by atoms with van der Waals surface area (Å²) in [5.41, 5.74) is 4.60. The molecule has 3 aromatic carbocycles. The molecule has 0 radical (unpaired) electrons. The van der Waals surface area contributed by atoms with E-state index in [0.29, 0.717) is 16.7 Å². The minimum absolute atomic E-state index is 0.00835. The Bertz CT molecular complexity index is 1320. The van der Waals surface area contributed by atoms with Crippen LogP contribution in [0.25, 0.3) is 33.4 Å². The summed E-state index contributed by atoms with van der Waals surface area (Å²) in [4.78, 5) is 26.5. The zero-order chi connectivity index (χ0) is 22.1. The Labute approximate surface area is 185 Å². The Balaban J connectivity index is 1.34. The maximum atomic E-state index is 12.8. The van der Waals surface area contributed by atoms with E-state index in [4.69, 9.17) is 9.15 Å². The first-order valence-electron chi connectivity index (χ1n) is 10.6. The van der Waals surface area contributed by atoms with Crippen LogP contribution in [0, 0.1) is 5.92 Å². The molecule has 5 nitrogen and oxygen atoms in total. The number of hydrogen-bond acceptors (Lipinski definition) is 5. The number of carbonyl (C=O) groups excluding carboxylic acids is 1. The summed E-state index contributed by atoms with van der Waals surface area (Å²) in [6.07, 6.45) is 0. The van der Waals surface area contributed by atoms with Gasteiger partial charge in [-0.15, -0.1) is 0 Å². The molecular weight excluding hydrogens is 402 g/mol. The second-order valence-electron chi connectivity index (χ2n) is 8.16. The number of benzene rings is 3. The van der Waals surface area contributed by atoms with Gasteiger partial charge in [-0.3, -0.25) is 14.5 Å². The van der Waals surface area contributed by atoms with Gasteiger partial charge in [0, 0.05) is 31.3 Å². The number of hydrogen-bond donors (Lipinski definition) is 0. The van der Waals surface area contributed by atoms with Crippen LogP contribution < -0.4 is 5.43 Å². The van der Waals surface area contributed by atoms with Crippen molar-refractivity contribution >= 4 is 16.9 Å². The van der Waals surface area contributed by atoms with E-state index in [0.717, 1.165) is 36.3 Å². The highest BCUT2D eigenvalue weighted by molar-refractivity contribution is 5.84. The van der Waals surface area contributed by atoms with Crippen molar-refractivity contribution in [1.82, 2.24) is 4.90 Å². The van der Waals surface area contributed by atoms with Crippen LogP contribution in [0.3, 0.4) is 0 Å². The minimum Gasteiger partial charge on any atom is -0.469 e. The van der Waals surface area contributed by atoms with Crippen molar-refractivity contribution in [3.05, 3.63) is 94.6 Å². The standard InChI is InChI=1S/C27H23NO4/c1-31-27(30)22-16-28(17-22)15-18-7-9-19(10-8-18)21-11-12-25-23(13-21)24(29)14-26(32-25)20-5-3-2-4-6-20/h2-14,22H,15-17H2,1H3. The first-order valence-corrected chi connectivity index (χ1v) is 10.6. The van der Waals surface area contributed by atoms with Gasteiger partial charge in [0.05, 0.1) is 18.4 Å². The Morgan fingerprint density at radius 1 is 0.938 bits per heavy atom. The highest BCUT2D eigenvalue weighted by atomic mass is 16.5. The van der Waals surface area contributed by atoms with Gasteiger partial charge in [-0.05, 0) is 28.8 Å². The Kier molecular flexibility index (Phi) is 5.33. The predicted molar refractivity (Wildman–Crippen MR) is 124 cm³/mol. The van der Waals surface area contributed by atoms with Crippen molar-refractivity contribution in [3.8, 4) is 22.5 Å². The van der Waals surface area contributed by atoms with Crippen molar-refractivity contribution in [2.24, 2.45) is 5.92 Å². The van der Waals surface area contributed by atoms with E-state index >= 15 is 0 Å². The highest BCUT2D eigenvalue weighted by Gasteiger charge is 2.33. The fourth-order valence-corrected chi connectivity index (χ4v) is 4.16. The topological polar surface area (TPSA) is 59.8 Å². The monoisotopic (exact) mass is 425 g/mol. The average molecular weight is 425 g/mol. The van der Waals surface area contributed by atoms with Crippen molar-refractivity contribution in [3.63, 3.8) is 0 Å². The molecule has 0 N–H and O–H groups in total. The zero-order valence-electron chi connectivity index (χ0n) is 17.8. The highest BCUT2D eigenvalue weighted by Crippen LogP contribution is 2.27. The maximum Gasteiger partial charge on any atom is 0.311 e. The van der Waals surface area contributed by atoms with Crippen LogP contribution in [0.4, 0.5) is 0 Å². The molecule has 2 heterocycles. The number of ether oxygens (including phenoxy) is 1. The molecule has 0 unspecified atom stereocenters. The van der Waals surface area contributed by atoms with E-state index in [1.54, 1.807) is 6.07 Å². The van der Waals surface area contributed by atoms with E-state index in [2.05, 4.69) is 29.2 Å². The quantitative estimate of drug-likeness (QED) is 0.433. The molecule has 0 atom stereocenters. The number of nitrogens with zero attached hydrogens (tertiary/aromatic N) is 1. The second kappa shape index (κ2) is 8.44. The van der Waals surface area contributed by atoms with Crippen molar-refractivity contribution in [2.45, 2.75) is 6.54 Å². The van der Waals surface area contributed by atoms with E-state index in [9.17, 15) is 9.59 Å². The van der Waals surface area contributed by atoms with Gasteiger partial charge >= 0.3 is 5.97 Å². The van der Waals surface area contributed by atoms with E-state index in [1.165, 1.54) is 12.7 Å². The molecule has 1 fully saturated rings. The summed E-state index contributed by atoms with van der Waals surface area (Å²) in [7, 11) is 1.43. The number of likely N-dealkylation sites (tertiary alicyclic amines) is 1. The fourth-order valence-electron chi connectivity index (χ4n) is 4.16. The number of methoxy groups -OCH3 is 1. The van der Waals surface area contributed by atoms with Gasteiger partial charge < -0.3 is 9.15 Å². The van der Waals surface area contributed by atoms with Crippen LogP contribution in [-0.2, 0) is 16.1 Å². The molecule has 32 heavy (non-hydrogen) atoms. The molecule has 0 aliphatic carbocycles. The van der Waals surface area contributed by atoms with E-state index in [1.807, 2.05) is 48.5 Å².